The molecular weight excluding hydrogens is 274 g/mol. The number of hydrogen-bond donors (Lipinski definition) is 0. The van der Waals surface area contributed by atoms with Crippen molar-refractivity contribution in [1.82, 2.24) is 4.90 Å². The van der Waals surface area contributed by atoms with Gasteiger partial charge in [-0.05, 0) is 26.0 Å². The molecule has 0 spiro atoms. The highest BCUT2D eigenvalue weighted by atomic mass is 32.2. The molecule has 0 N–H and O–H groups in total. The summed E-state index contributed by atoms with van der Waals surface area (Å²) in [5, 5.41) is 0. The fourth-order valence-electron chi connectivity index (χ4n) is 1.67. The normalized spacial score (nSPS) is 10.1. The molecule has 1 amide bonds. The van der Waals surface area contributed by atoms with Crippen LogP contribution < -0.4 is 0 Å². The third-order valence-corrected chi connectivity index (χ3v) is 3.73. The van der Waals surface area contributed by atoms with Gasteiger partial charge in [-0.1, -0.05) is 18.2 Å². The fourth-order valence-corrected chi connectivity index (χ4v) is 2.49. The van der Waals surface area contributed by atoms with Crippen molar-refractivity contribution in [2.75, 3.05) is 25.4 Å². The number of thioether (sulfide) groups is 1. The predicted molar refractivity (Wildman–Crippen MR) is 80.7 cm³/mol. The van der Waals surface area contributed by atoms with E-state index >= 15 is 0 Å². The zero-order valence-electron chi connectivity index (χ0n) is 12.0. The van der Waals surface area contributed by atoms with E-state index in [0.29, 0.717) is 25.4 Å². The third kappa shape index (κ3) is 6.10. The van der Waals surface area contributed by atoms with E-state index in [1.54, 1.807) is 11.8 Å². The lowest BCUT2D eigenvalue weighted by atomic mass is 10.3. The predicted octanol–water partition coefficient (Wildman–Crippen LogP) is 2.58. The van der Waals surface area contributed by atoms with Crippen LogP contribution in [-0.4, -0.2) is 42.2 Å². The zero-order valence-corrected chi connectivity index (χ0v) is 12.8. The summed E-state index contributed by atoms with van der Waals surface area (Å²) in [6.45, 7) is 5.09. The number of carbonyl (C=O) groups excluding carboxylic acids is 2. The maximum Gasteiger partial charge on any atom is 0.307 e. The molecule has 20 heavy (non-hydrogen) atoms. The van der Waals surface area contributed by atoms with Crippen molar-refractivity contribution in [3.8, 4) is 0 Å². The Bertz CT molecular complexity index is 422. The summed E-state index contributed by atoms with van der Waals surface area (Å²) in [5.74, 6) is 0.181. The molecule has 0 bridgehead atoms. The first-order chi connectivity index (χ1) is 9.67. The molecule has 0 radical (unpaired) electrons. The summed E-state index contributed by atoms with van der Waals surface area (Å²) in [6, 6.07) is 9.81. The first kappa shape index (κ1) is 16.6. The Morgan fingerprint density at radius 3 is 2.50 bits per heavy atom. The molecule has 5 heteroatoms. The first-order valence-corrected chi connectivity index (χ1v) is 7.77. The number of esters is 1. The molecule has 0 unspecified atom stereocenters. The Kier molecular flexibility index (Phi) is 7.80. The molecule has 1 rings (SSSR count). The van der Waals surface area contributed by atoms with Crippen LogP contribution in [0.15, 0.2) is 35.2 Å². The molecule has 1 aromatic rings. The molecule has 110 valence electrons. The van der Waals surface area contributed by atoms with Crippen molar-refractivity contribution in [3.63, 3.8) is 0 Å². The highest BCUT2D eigenvalue weighted by Crippen LogP contribution is 2.17. The van der Waals surface area contributed by atoms with Crippen LogP contribution in [0.3, 0.4) is 0 Å². The van der Waals surface area contributed by atoms with E-state index in [4.69, 9.17) is 4.74 Å². The molecule has 0 aromatic heterocycles. The van der Waals surface area contributed by atoms with Gasteiger partial charge in [-0.25, -0.2) is 0 Å². The maximum absolute atomic E-state index is 12.1. The molecule has 0 atom stereocenters. The third-order valence-electron chi connectivity index (χ3n) is 2.73. The molecule has 0 aliphatic rings. The standard InChI is InChI=1S/C15H21NO3S/c1-3-16(11-10-15(18)19-4-2)14(17)12-20-13-8-6-5-7-9-13/h5-9H,3-4,10-12H2,1-2H3. The summed E-state index contributed by atoms with van der Waals surface area (Å²) in [5.41, 5.74) is 0. The Morgan fingerprint density at radius 1 is 1.20 bits per heavy atom. The zero-order chi connectivity index (χ0) is 14.8. The van der Waals surface area contributed by atoms with E-state index in [9.17, 15) is 9.59 Å². The lowest BCUT2D eigenvalue weighted by Crippen LogP contribution is -2.34. The minimum atomic E-state index is -0.255. The summed E-state index contributed by atoms with van der Waals surface area (Å²) in [4.78, 5) is 26.1. The quantitative estimate of drug-likeness (QED) is 0.546. The topological polar surface area (TPSA) is 46.6 Å². The fraction of sp³-hybridized carbons (Fsp3) is 0.467. The number of benzene rings is 1. The number of nitrogens with zero attached hydrogens (tertiary/aromatic N) is 1. The van der Waals surface area contributed by atoms with E-state index in [0.717, 1.165) is 4.90 Å². The van der Waals surface area contributed by atoms with Crippen LogP contribution in [0.2, 0.25) is 0 Å². The maximum atomic E-state index is 12.1. The van der Waals surface area contributed by atoms with E-state index in [1.807, 2.05) is 37.3 Å². The number of amides is 1. The van der Waals surface area contributed by atoms with Crippen molar-refractivity contribution in [1.29, 1.82) is 0 Å². The Balaban J connectivity index is 2.37. The Morgan fingerprint density at radius 2 is 1.90 bits per heavy atom. The number of hydrogen-bond acceptors (Lipinski definition) is 4. The van der Waals surface area contributed by atoms with Gasteiger partial charge >= 0.3 is 5.97 Å². The van der Waals surface area contributed by atoms with Crippen molar-refractivity contribution >= 4 is 23.6 Å². The van der Waals surface area contributed by atoms with Gasteiger partial charge in [0.25, 0.3) is 0 Å². The van der Waals surface area contributed by atoms with Gasteiger partial charge in [0.05, 0.1) is 18.8 Å². The Hall–Kier alpha value is -1.49. The lowest BCUT2D eigenvalue weighted by molar-refractivity contribution is -0.143. The first-order valence-electron chi connectivity index (χ1n) is 6.78. The van der Waals surface area contributed by atoms with Gasteiger partial charge in [-0.2, -0.15) is 0 Å². The highest BCUT2D eigenvalue weighted by Gasteiger charge is 2.13. The van der Waals surface area contributed by atoms with Crippen molar-refractivity contribution in [2.45, 2.75) is 25.2 Å². The van der Waals surface area contributed by atoms with Crippen LogP contribution >= 0.6 is 11.8 Å². The SMILES string of the molecule is CCOC(=O)CCN(CC)C(=O)CSc1ccccc1. The van der Waals surface area contributed by atoms with Crippen LogP contribution in [-0.2, 0) is 14.3 Å². The minimum Gasteiger partial charge on any atom is -0.466 e. The average Bonchev–Trinajstić information content (AvgIpc) is 2.47. The van der Waals surface area contributed by atoms with Gasteiger partial charge < -0.3 is 9.64 Å². The van der Waals surface area contributed by atoms with Gasteiger partial charge in [0, 0.05) is 18.0 Å². The van der Waals surface area contributed by atoms with Crippen LogP contribution in [0.1, 0.15) is 20.3 Å². The van der Waals surface area contributed by atoms with E-state index in [1.165, 1.54) is 11.8 Å². The van der Waals surface area contributed by atoms with Gasteiger partial charge in [0.1, 0.15) is 0 Å². The summed E-state index contributed by atoms with van der Waals surface area (Å²) < 4.78 is 4.86. The van der Waals surface area contributed by atoms with Gasteiger partial charge in [0.2, 0.25) is 5.91 Å². The minimum absolute atomic E-state index is 0.0469. The largest absolute Gasteiger partial charge is 0.466 e. The molecule has 0 aliphatic heterocycles. The van der Waals surface area contributed by atoms with Crippen molar-refractivity contribution in [2.24, 2.45) is 0 Å². The van der Waals surface area contributed by atoms with Crippen LogP contribution in [0.5, 0.6) is 0 Å². The van der Waals surface area contributed by atoms with E-state index in [2.05, 4.69) is 0 Å². The van der Waals surface area contributed by atoms with Gasteiger partial charge in [-0.3, -0.25) is 9.59 Å². The second-order valence-electron chi connectivity index (χ2n) is 4.13. The molecule has 0 saturated carbocycles. The van der Waals surface area contributed by atoms with Crippen molar-refractivity contribution in [3.05, 3.63) is 30.3 Å². The molecule has 1 aromatic carbocycles. The molecule has 0 saturated heterocycles. The number of rotatable bonds is 8. The number of carbonyl (C=O) groups is 2. The van der Waals surface area contributed by atoms with E-state index in [-0.39, 0.29) is 18.3 Å². The molecule has 0 aliphatic carbocycles. The summed E-state index contributed by atoms with van der Waals surface area (Å²) in [7, 11) is 0. The lowest BCUT2D eigenvalue weighted by Gasteiger charge is -2.20. The summed E-state index contributed by atoms with van der Waals surface area (Å²) in [6.07, 6.45) is 0.253. The monoisotopic (exact) mass is 295 g/mol. The average molecular weight is 295 g/mol. The molecule has 0 heterocycles. The van der Waals surface area contributed by atoms with Crippen LogP contribution in [0, 0.1) is 0 Å². The summed E-state index contributed by atoms with van der Waals surface area (Å²) >= 11 is 1.51. The van der Waals surface area contributed by atoms with Gasteiger partial charge in [-0.15, -0.1) is 11.8 Å². The molecule has 4 nitrogen and oxygen atoms in total. The van der Waals surface area contributed by atoms with Crippen molar-refractivity contribution < 1.29 is 14.3 Å². The smallest absolute Gasteiger partial charge is 0.307 e. The Labute approximate surface area is 124 Å². The highest BCUT2D eigenvalue weighted by molar-refractivity contribution is 8.00. The van der Waals surface area contributed by atoms with E-state index < -0.39 is 0 Å². The number of ether oxygens (including phenoxy) is 1. The second-order valence-corrected chi connectivity index (χ2v) is 5.18. The van der Waals surface area contributed by atoms with Crippen LogP contribution in [0.25, 0.3) is 0 Å². The molecular formula is C15H21NO3S. The van der Waals surface area contributed by atoms with Gasteiger partial charge in [0.15, 0.2) is 0 Å². The van der Waals surface area contributed by atoms with Crippen LogP contribution in [0.4, 0.5) is 0 Å². The molecule has 0 fully saturated rings. The second kappa shape index (κ2) is 9.42.